The summed E-state index contributed by atoms with van der Waals surface area (Å²) in [6.45, 7) is 3.49. The predicted octanol–water partition coefficient (Wildman–Crippen LogP) is 11.5. The molecule has 0 aliphatic heterocycles. The van der Waals surface area contributed by atoms with Gasteiger partial charge in [0, 0.05) is 13.0 Å². The van der Waals surface area contributed by atoms with E-state index >= 15 is 0 Å². The van der Waals surface area contributed by atoms with Gasteiger partial charge in [-0.1, -0.05) is 136 Å². The van der Waals surface area contributed by atoms with Gasteiger partial charge in [0.05, 0.1) is 19.8 Å². The standard InChI is InChI=1S/C46H74NO9P/c1-3-5-7-9-11-13-15-17-19-21-22-23-24-26-28-30-32-34-36-38-45(48)56-43(41-54-57(51,52)55-42-44(47)46(49)50)40-53-39-37-35-33-31-29-27-25-20-18-16-14-12-10-8-6-4-2/h5-8,11-14,17-20,22-23,26-29,43-44H,3-4,9-10,15-16,21,24-25,30-42,47H2,1-2H3,(H,49,50)(H,51,52)/b7-5-,8-6-,13-11-,14-12-,19-17-,20-18-,23-22-,28-26-,29-27-. The number of esters is 1. The lowest BCUT2D eigenvalue weighted by Gasteiger charge is -2.20. The first-order chi connectivity index (χ1) is 27.7. The molecule has 0 aliphatic rings. The number of hydrogen-bond acceptors (Lipinski definition) is 8. The number of rotatable bonds is 38. The molecule has 0 saturated carbocycles. The van der Waals surface area contributed by atoms with Crippen LogP contribution in [0.1, 0.15) is 129 Å². The summed E-state index contributed by atoms with van der Waals surface area (Å²) in [7, 11) is -4.64. The maximum Gasteiger partial charge on any atom is 0.472 e. The van der Waals surface area contributed by atoms with Crippen LogP contribution in [-0.4, -0.2) is 60.5 Å². The number of phosphoric ester groups is 1. The summed E-state index contributed by atoms with van der Waals surface area (Å²) in [5.41, 5.74) is 5.35. The SMILES string of the molecule is CC/C=C\C/C=C\C/C=C\C/C=C\C/C=C\CCCCCC(=O)OC(COCCCCC/C=C\C/C=C\C/C=C\C/C=C\CC)COP(=O)(O)OCC(N)C(=O)O. The summed E-state index contributed by atoms with van der Waals surface area (Å²) >= 11 is 0. The number of hydrogen-bond donors (Lipinski definition) is 3. The van der Waals surface area contributed by atoms with Gasteiger partial charge in [0.15, 0.2) is 0 Å². The molecule has 0 aromatic rings. The van der Waals surface area contributed by atoms with Crippen LogP contribution in [0.2, 0.25) is 0 Å². The Labute approximate surface area is 344 Å². The summed E-state index contributed by atoms with van der Waals surface area (Å²) < 4.78 is 33.2. The van der Waals surface area contributed by atoms with E-state index in [1.165, 1.54) is 0 Å². The lowest BCUT2D eigenvalue weighted by atomic mass is 10.1. The summed E-state index contributed by atoms with van der Waals surface area (Å²) in [5, 5.41) is 8.89. The first-order valence-electron chi connectivity index (χ1n) is 20.9. The Balaban J connectivity index is 4.42. The molecule has 0 fully saturated rings. The van der Waals surface area contributed by atoms with Crippen molar-refractivity contribution in [2.45, 2.75) is 142 Å². The fourth-order valence-corrected chi connectivity index (χ4v) is 5.63. The van der Waals surface area contributed by atoms with E-state index in [0.717, 1.165) is 103 Å². The number of carbonyl (C=O) groups excluding carboxylic acids is 1. The first kappa shape index (κ1) is 53.6. The number of ether oxygens (including phenoxy) is 2. The van der Waals surface area contributed by atoms with Crippen molar-refractivity contribution >= 4 is 19.8 Å². The van der Waals surface area contributed by atoms with Crippen LogP contribution < -0.4 is 5.73 Å². The van der Waals surface area contributed by atoms with Gasteiger partial charge in [-0.15, -0.1) is 0 Å². The fourth-order valence-electron chi connectivity index (χ4n) is 4.85. The molecule has 0 saturated heterocycles. The molecule has 57 heavy (non-hydrogen) atoms. The molecule has 0 amide bonds. The zero-order chi connectivity index (χ0) is 41.9. The van der Waals surface area contributed by atoms with Crippen LogP contribution in [0, 0.1) is 0 Å². The van der Waals surface area contributed by atoms with Gasteiger partial charge in [0.25, 0.3) is 0 Å². The van der Waals surface area contributed by atoms with Crippen LogP contribution in [-0.2, 0) is 32.7 Å². The van der Waals surface area contributed by atoms with E-state index < -0.39 is 45.1 Å². The minimum atomic E-state index is -4.64. The Morgan fingerprint density at radius 2 is 0.965 bits per heavy atom. The van der Waals surface area contributed by atoms with Crippen molar-refractivity contribution in [3.05, 3.63) is 109 Å². The smallest absolute Gasteiger partial charge is 0.472 e. The average Bonchev–Trinajstić information content (AvgIpc) is 3.19. The van der Waals surface area contributed by atoms with Crippen molar-refractivity contribution in [1.29, 1.82) is 0 Å². The molecule has 322 valence electrons. The van der Waals surface area contributed by atoms with Gasteiger partial charge in [-0.05, 0) is 96.3 Å². The van der Waals surface area contributed by atoms with E-state index in [2.05, 4.69) is 123 Å². The summed E-state index contributed by atoms with van der Waals surface area (Å²) in [6, 6.07) is -1.49. The van der Waals surface area contributed by atoms with Crippen LogP contribution in [0.25, 0.3) is 0 Å². The van der Waals surface area contributed by atoms with Crippen LogP contribution in [0.5, 0.6) is 0 Å². The third kappa shape index (κ3) is 40.6. The number of carboxylic acids is 1. The monoisotopic (exact) mass is 816 g/mol. The second kappa shape index (κ2) is 40.8. The highest BCUT2D eigenvalue weighted by molar-refractivity contribution is 7.47. The molecule has 0 aromatic heterocycles. The van der Waals surface area contributed by atoms with E-state index in [-0.39, 0.29) is 13.0 Å². The second-order valence-corrected chi connectivity index (χ2v) is 14.8. The molecule has 3 unspecified atom stereocenters. The van der Waals surface area contributed by atoms with E-state index in [9.17, 15) is 19.0 Å². The maximum absolute atomic E-state index is 12.6. The van der Waals surface area contributed by atoms with Gasteiger partial charge in [0.2, 0.25) is 0 Å². The number of aliphatic carboxylic acids is 1. The number of allylic oxidation sites excluding steroid dienone is 18. The third-order valence-corrected chi connectivity index (χ3v) is 9.00. The van der Waals surface area contributed by atoms with E-state index in [1.54, 1.807) is 0 Å². The van der Waals surface area contributed by atoms with E-state index in [1.807, 2.05) is 0 Å². The first-order valence-corrected chi connectivity index (χ1v) is 22.4. The molecule has 11 heteroatoms. The number of phosphoric acid groups is 1. The fraction of sp³-hybridized carbons (Fsp3) is 0.565. The number of carboxylic acid groups (broad SMARTS) is 1. The zero-order valence-corrected chi connectivity index (χ0v) is 35.8. The van der Waals surface area contributed by atoms with Crippen LogP contribution >= 0.6 is 7.82 Å². The molecule has 3 atom stereocenters. The molecule has 0 spiro atoms. The van der Waals surface area contributed by atoms with Crippen LogP contribution in [0.3, 0.4) is 0 Å². The molecular weight excluding hydrogens is 741 g/mol. The van der Waals surface area contributed by atoms with Gasteiger partial charge in [-0.2, -0.15) is 0 Å². The van der Waals surface area contributed by atoms with E-state index in [4.69, 9.17) is 29.4 Å². The molecule has 0 aliphatic carbocycles. The summed E-state index contributed by atoms with van der Waals surface area (Å²) in [4.78, 5) is 33.5. The van der Waals surface area contributed by atoms with Gasteiger partial charge in [-0.25, -0.2) is 4.57 Å². The highest BCUT2D eigenvalue weighted by Crippen LogP contribution is 2.43. The quantitative estimate of drug-likeness (QED) is 0.0237. The lowest BCUT2D eigenvalue weighted by molar-refractivity contribution is -0.154. The molecular formula is C46H74NO9P. The molecule has 0 radical (unpaired) electrons. The topological polar surface area (TPSA) is 155 Å². The van der Waals surface area contributed by atoms with Crippen molar-refractivity contribution in [1.82, 2.24) is 0 Å². The Bertz CT molecular complexity index is 1310. The van der Waals surface area contributed by atoms with Gasteiger partial charge >= 0.3 is 19.8 Å². The predicted molar refractivity (Wildman–Crippen MR) is 235 cm³/mol. The minimum absolute atomic E-state index is 0.0265. The molecule has 0 heterocycles. The molecule has 4 N–H and O–H groups in total. The molecule has 0 aromatic carbocycles. The van der Waals surface area contributed by atoms with Crippen LogP contribution in [0.4, 0.5) is 0 Å². The summed E-state index contributed by atoms with van der Waals surface area (Å²) in [6.07, 6.45) is 54.3. The minimum Gasteiger partial charge on any atom is -0.480 e. The Kier molecular flexibility index (Phi) is 38.4. The third-order valence-electron chi connectivity index (χ3n) is 8.05. The summed E-state index contributed by atoms with van der Waals surface area (Å²) in [5.74, 6) is -1.84. The van der Waals surface area contributed by atoms with Gasteiger partial charge < -0.3 is 25.2 Å². The van der Waals surface area contributed by atoms with Crippen molar-refractivity contribution in [3.8, 4) is 0 Å². The number of unbranched alkanes of at least 4 members (excludes halogenated alkanes) is 6. The highest BCUT2D eigenvalue weighted by Gasteiger charge is 2.27. The molecule has 10 nitrogen and oxygen atoms in total. The zero-order valence-electron chi connectivity index (χ0n) is 34.9. The normalized spacial score (nSPS) is 15.0. The number of carbonyl (C=O) groups is 2. The second-order valence-electron chi connectivity index (χ2n) is 13.3. The van der Waals surface area contributed by atoms with Crippen molar-refractivity contribution < 1.29 is 42.7 Å². The van der Waals surface area contributed by atoms with Gasteiger partial charge in [0.1, 0.15) is 12.1 Å². The molecule has 0 bridgehead atoms. The lowest BCUT2D eigenvalue weighted by Crippen LogP contribution is -2.34. The van der Waals surface area contributed by atoms with Crippen molar-refractivity contribution in [2.75, 3.05) is 26.4 Å². The Morgan fingerprint density at radius 1 is 0.561 bits per heavy atom. The molecule has 0 rings (SSSR count). The van der Waals surface area contributed by atoms with Crippen molar-refractivity contribution in [2.24, 2.45) is 5.73 Å². The Hall–Kier alpha value is -3.37. The maximum atomic E-state index is 12.6. The van der Waals surface area contributed by atoms with Gasteiger partial charge in [-0.3, -0.25) is 18.6 Å². The Morgan fingerprint density at radius 3 is 1.40 bits per heavy atom. The van der Waals surface area contributed by atoms with E-state index in [0.29, 0.717) is 13.0 Å². The average molecular weight is 816 g/mol. The highest BCUT2D eigenvalue weighted by atomic mass is 31.2. The van der Waals surface area contributed by atoms with Crippen molar-refractivity contribution in [3.63, 3.8) is 0 Å². The largest absolute Gasteiger partial charge is 0.480 e. The van der Waals surface area contributed by atoms with Crippen LogP contribution in [0.15, 0.2) is 109 Å². The number of nitrogens with two attached hydrogens (primary N) is 1.